The van der Waals surface area contributed by atoms with E-state index in [1.54, 1.807) is 26.1 Å². The van der Waals surface area contributed by atoms with E-state index >= 15 is 0 Å². The summed E-state index contributed by atoms with van der Waals surface area (Å²) in [6.45, 7) is 3.94. The summed E-state index contributed by atoms with van der Waals surface area (Å²) in [5, 5.41) is 6.40. The third-order valence-corrected chi connectivity index (χ3v) is 3.25. The molecule has 1 aromatic heterocycles. The number of nitrogens with one attached hydrogen (secondary N) is 2. The van der Waals surface area contributed by atoms with E-state index in [1.165, 1.54) is 0 Å². The van der Waals surface area contributed by atoms with Crippen LogP contribution in [0, 0.1) is 12.7 Å². The molecular weight excluding hydrogens is 394 g/mol. The number of aromatic nitrogens is 1. The Morgan fingerprint density at radius 1 is 1.23 bits per heavy atom. The zero-order valence-electron chi connectivity index (χ0n) is 12.8. The van der Waals surface area contributed by atoms with Gasteiger partial charge in [-0.05, 0) is 36.2 Å². The number of nitrogens with zero attached hydrogens (tertiary/aromatic N) is 2. The molecule has 1 aromatic carbocycles. The van der Waals surface area contributed by atoms with Crippen molar-refractivity contribution in [3.8, 4) is 0 Å². The van der Waals surface area contributed by atoms with Crippen molar-refractivity contribution in [2.75, 3.05) is 13.6 Å². The Hall–Kier alpha value is -1.57. The molecule has 0 atom stereocenters. The smallest absolute Gasteiger partial charge is 0.191 e. The maximum atomic E-state index is 13.5. The molecule has 1 heterocycles. The third kappa shape index (κ3) is 5.67. The highest BCUT2D eigenvalue weighted by atomic mass is 127. The number of benzene rings is 1. The number of halogens is 2. The largest absolute Gasteiger partial charge is 0.355 e. The first-order valence-electron chi connectivity index (χ1n) is 6.99. The maximum absolute atomic E-state index is 13.5. The predicted octanol–water partition coefficient (Wildman–Crippen LogP) is 2.92. The molecule has 2 N–H and O–H groups in total. The lowest BCUT2D eigenvalue weighted by Crippen LogP contribution is -2.38. The molecule has 0 saturated carbocycles. The van der Waals surface area contributed by atoms with Gasteiger partial charge in [-0.2, -0.15) is 0 Å². The van der Waals surface area contributed by atoms with Gasteiger partial charge in [0.15, 0.2) is 5.96 Å². The van der Waals surface area contributed by atoms with Crippen molar-refractivity contribution < 1.29 is 4.39 Å². The summed E-state index contributed by atoms with van der Waals surface area (Å²) in [6.07, 6.45) is 4.04. The van der Waals surface area contributed by atoms with Crippen LogP contribution in [0.4, 0.5) is 4.39 Å². The average molecular weight is 416 g/mol. The molecule has 6 heteroatoms. The number of aryl methyl sites for hydroxylation is 1. The summed E-state index contributed by atoms with van der Waals surface area (Å²) >= 11 is 0. The Balaban J connectivity index is 0.00000242. The van der Waals surface area contributed by atoms with E-state index in [4.69, 9.17) is 0 Å². The molecule has 0 saturated heterocycles. The van der Waals surface area contributed by atoms with Gasteiger partial charge in [-0.1, -0.05) is 12.1 Å². The van der Waals surface area contributed by atoms with Crippen LogP contribution in [0.5, 0.6) is 0 Å². The van der Waals surface area contributed by atoms with Gasteiger partial charge in [0.25, 0.3) is 0 Å². The summed E-state index contributed by atoms with van der Waals surface area (Å²) in [5.41, 5.74) is 1.56. The quantitative estimate of drug-likeness (QED) is 0.447. The monoisotopic (exact) mass is 416 g/mol. The molecule has 0 unspecified atom stereocenters. The number of rotatable bonds is 5. The fraction of sp³-hybridized carbons (Fsp3) is 0.312. The third-order valence-electron chi connectivity index (χ3n) is 3.25. The van der Waals surface area contributed by atoms with E-state index in [9.17, 15) is 4.39 Å². The predicted molar refractivity (Wildman–Crippen MR) is 99.2 cm³/mol. The van der Waals surface area contributed by atoms with Gasteiger partial charge in [-0.3, -0.25) is 4.99 Å². The van der Waals surface area contributed by atoms with Gasteiger partial charge in [0.2, 0.25) is 0 Å². The molecular formula is C16H22FIN4. The highest BCUT2D eigenvalue weighted by Crippen LogP contribution is 2.08. The fourth-order valence-corrected chi connectivity index (χ4v) is 1.98. The summed E-state index contributed by atoms with van der Waals surface area (Å²) < 4.78 is 15.6. The molecule has 0 radical (unpaired) electrons. The molecule has 0 bridgehead atoms. The van der Waals surface area contributed by atoms with Gasteiger partial charge in [0.1, 0.15) is 5.82 Å². The first kappa shape index (κ1) is 18.5. The van der Waals surface area contributed by atoms with Crippen LogP contribution in [0.3, 0.4) is 0 Å². The molecule has 0 aliphatic heterocycles. The molecule has 0 aliphatic rings. The van der Waals surface area contributed by atoms with Gasteiger partial charge in [0, 0.05) is 39.1 Å². The van der Waals surface area contributed by atoms with Crippen molar-refractivity contribution in [1.82, 2.24) is 15.2 Å². The Morgan fingerprint density at radius 2 is 1.95 bits per heavy atom. The first-order valence-corrected chi connectivity index (χ1v) is 6.99. The zero-order chi connectivity index (χ0) is 15.1. The van der Waals surface area contributed by atoms with Crippen LogP contribution in [-0.4, -0.2) is 24.1 Å². The second kappa shape index (κ2) is 9.45. The molecule has 0 amide bonds. The highest BCUT2D eigenvalue weighted by molar-refractivity contribution is 14.0. The van der Waals surface area contributed by atoms with Crippen LogP contribution >= 0.6 is 24.0 Å². The molecule has 4 nitrogen and oxygen atoms in total. The van der Waals surface area contributed by atoms with Crippen molar-refractivity contribution in [2.45, 2.75) is 20.0 Å². The van der Waals surface area contributed by atoms with Crippen molar-refractivity contribution >= 4 is 29.9 Å². The lowest BCUT2D eigenvalue weighted by atomic mass is 10.1. The van der Waals surface area contributed by atoms with E-state index < -0.39 is 0 Å². The lowest BCUT2D eigenvalue weighted by Gasteiger charge is -2.12. The van der Waals surface area contributed by atoms with Crippen molar-refractivity contribution in [3.63, 3.8) is 0 Å². The fourth-order valence-electron chi connectivity index (χ4n) is 1.98. The molecule has 2 aromatic rings. The molecule has 120 valence electrons. The summed E-state index contributed by atoms with van der Waals surface area (Å²) in [6, 6.07) is 9.25. The van der Waals surface area contributed by atoms with Crippen molar-refractivity contribution in [2.24, 2.45) is 4.99 Å². The van der Waals surface area contributed by atoms with Gasteiger partial charge < -0.3 is 15.2 Å². The number of guanidine groups is 1. The van der Waals surface area contributed by atoms with Crippen LogP contribution < -0.4 is 10.6 Å². The van der Waals surface area contributed by atoms with E-state index in [2.05, 4.69) is 20.2 Å². The van der Waals surface area contributed by atoms with E-state index in [0.29, 0.717) is 18.1 Å². The van der Waals surface area contributed by atoms with Gasteiger partial charge in [-0.15, -0.1) is 24.0 Å². The second-order valence-corrected chi connectivity index (χ2v) is 4.86. The van der Waals surface area contributed by atoms with Crippen molar-refractivity contribution in [3.05, 3.63) is 59.7 Å². The molecule has 22 heavy (non-hydrogen) atoms. The van der Waals surface area contributed by atoms with Crippen LogP contribution in [0.2, 0.25) is 0 Å². The lowest BCUT2D eigenvalue weighted by molar-refractivity contribution is 0.615. The van der Waals surface area contributed by atoms with Crippen LogP contribution in [0.1, 0.15) is 11.1 Å². The van der Waals surface area contributed by atoms with Crippen LogP contribution in [0.15, 0.2) is 47.7 Å². The normalized spacial score (nSPS) is 11.0. The Bertz CT molecular complexity index is 596. The van der Waals surface area contributed by atoms with Crippen molar-refractivity contribution in [1.29, 1.82) is 0 Å². The van der Waals surface area contributed by atoms with E-state index in [1.807, 2.05) is 30.6 Å². The van der Waals surface area contributed by atoms with Gasteiger partial charge in [0.05, 0.1) is 0 Å². The molecule has 2 rings (SSSR count). The minimum atomic E-state index is -0.176. The maximum Gasteiger partial charge on any atom is 0.191 e. The van der Waals surface area contributed by atoms with Crippen LogP contribution in [-0.2, 0) is 13.1 Å². The summed E-state index contributed by atoms with van der Waals surface area (Å²) in [7, 11) is 1.72. The summed E-state index contributed by atoms with van der Waals surface area (Å²) in [5.74, 6) is 0.535. The number of hydrogen-bond acceptors (Lipinski definition) is 1. The number of hydrogen-bond donors (Lipinski definition) is 2. The Morgan fingerprint density at radius 3 is 2.59 bits per heavy atom. The minimum absolute atomic E-state index is 0. The molecule has 0 fully saturated rings. The Kier molecular flexibility index (Phi) is 7.94. The topological polar surface area (TPSA) is 41.4 Å². The minimum Gasteiger partial charge on any atom is -0.355 e. The number of aliphatic imine (C=N–C) groups is 1. The molecule has 0 aliphatic carbocycles. The zero-order valence-corrected chi connectivity index (χ0v) is 15.2. The summed E-state index contributed by atoms with van der Waals surface area (Å²) in [4.78, 5) is 4.15. The standard InChI is InChI=1S/C16H21FN4.HI/c1-13-5-6-14(11-15(13)17)12-20-16(18-2)19-7-10-21-8-3-4-9-21;/h3-6,8-9,11H,7,10,12H2,1-2H3,(H2,18,19,20);1H. The van der Waals surface area contributed by atoms with E-state index in [-0.39, 0.29) is 29.8 Å². The average Bonchev–Trinajstić information content (AvgIpc) is 2.99. The van der Waals surface area contributed by atoms with E-state index in [0.717, 1.165) is 18.7 Å². The first-order chi connectivity index (χ1) is 10.2. The SMILES string of the molecule is CN=C(NCCn1cccc1)NCc1ccc(C)c(F)c1.I. The second-order valence-electron chi connectivity index (χ2n) is 4.86. The van der Waals surface area contributed by atoms with Gasteiger partial charge in [-0.25, -0.2) is 4.39 Å². The highest BCUT2D eigenvalue weighted by Gasteiger charge is 2.01. The van der Waals surface area contributed by atoms with Crippen LogP contribution in [0.25, 0.3) is 0 Å². The Labute approximate surface area is 147 Å². The molecule has 0 spiro atoms. The van der Waals surface area contributed by atoms with Gasteiger partial charge >= 0.3 is 0 Å².